The molecular weight excluding hydrogens is 244 g/mol. The molecule has 0 saturated carbocycles. The van der Waals surface area contributed by atoms with Gasteiger partial charge in [-0.1, -0.05) is 0 Å². The molecule has 0 spiro atoms. The van der Waals surface area contributed by atoms with E-state index in [0.29, 0.717) is 17.2 Å². The van der Waals surface area contributed by atoms with Crippen LogP contribution in [-0.4, -0.2) is 33.2 Å². The average molecular weight is 264 g/mol. The Hall–Kier alpha value is -1.75. The van der Waals surface area contributed by atoms with Crippen LogP contribution < -0.4 is 20.1 Å². The maximum absolute atomic E-state index is 12.2. The summed E-state index contributed by atoms with van der Waals surface area (Å²) in [5, 5.41) is 6.16. The Morgan fingerprint density at radius 1 is 1.37 bits per heavy atom. The molecule has 0 unspecified atom stereocenters. The molecule has 1 aromatic rings. The van der Waals surface area contributed by atoms with E-state index in [-0.39, 0.29) is 11.8 Å². The van der Waals surface area contributed by atoms with Gasteiger partial charge in [-0.25, -0.2) is 0 Å². The van der Waals surface area contributed by atoms with Crippen LogP contribution in [0.5, 0.6) is 11.5 Å². The van der Waals surface area contributed by atoms with Crippen molar-refractivity contribution < 1.29 is 14.3 Å². The van der Waals surface area contributed by atoms with E-state index >= 15 is 0 Å². The second-order valence-corrected chi connectivity index (χ2v) is 4.60. The monoisotopic (exact) mass is 264 g/mol. The van der Waals surface area contributed by atoms with E-state index in [2.05, 4.69) is 10.6 Å². The fraction of sp³-hybridized carbons (Fsp3) is 0.500. The van der Waals surface area contributed by atoms with Crippen molar-refractivity contribution in [2.75, 3.05) is 32.6 Å². The zero-order chi connectivity index (χ0) is 13.7. The number of benzene rings is 1. The lowest BCUT2D eigenvalue weighted by Crippen LogP contribution is -2.37. The Bertz CT molecular complexity index is 442. The third-order valence-corrected chi connectivity index (χ3v) is 3.33. The van der Waals surface area contributed by atoms with Gasteiger partial charge in [-0.3, -0.25) is 4.79 Å². The van der Waals surface area contributed by atoms with Gasteiger partial charge in [0.15, 0.2) is 0 Å². The Morgan fingerprint density at radius 3 is 2.84 bits per heavy atom. The third-order valence-electron chi connectivity index (χ3n) is 3.33. The minimum Gasteiger partial charge on any atom is -0.497 e. The van der Waals surface area contributed by atoms with Crippen LogP contribution in [0.3, 0.4) is 0 Å². The van der Waals surface area contributed by atoms with Gasteiger partial charge in [-0.15, -0.1) is 0 Å². The summed E-state index contributed by atoms with van der Waals surface area (Å²) >= 11 is 0. The number of hydrogen-bond acceptors (Lipinski definition) is 4. The number of carbonyl (C=O) groups excluding carboxylic acids is 1. The minimum absolute atomic E-state index is 0.0283. The predicted molar refractivity (Wildman–Crippen MR) is 73.8 cm³/mol. The molecule has 1 aliphatic heterocycles. The SMILES string of the molecule is COc1ccc(NC(=O)[C@H]2CCCNC2)c(OC)c1. The van der Waals surface area contributed by atoms with Gasteiger partial charge in [0.05, 0.1) is 25.8 Å². The topological polar surface area (TPSA) is 59.6 Å². The molecule has 1 atom stereocenters. The van der Waals surface area contributed by atoms with Crippen LogP contribution in [0.4, 0.5) is 5.69 Å². The molecule has 0 bridgehead atoms. The van der Waals surface area contributed by atoms with Gasteiger partial charge in [0.25, 0.3) is 0 Å². The largest absolute Gasteiger partial charge is 0.497 e. The molecule has 0 aliphatic carbocycles. The quantitative estimate of drug-likeness (QED) is 0.868. The number of rotatable bonds is 4. The summed E-state index contributed by atoms with van der Waals surface area (Å²) in [6.07, 6.45) is 1.97. The maximum atomic E-state index is 12.2. The second kappa shape index (κ2) is 6.43. The molecule has 1 amide bonds. The van der Waals surface area contributed by atoms with E-state index < -0.39 is 0 Å². The number of amides is 1. The molecule has 2 N–H and O–H groups in total. The molecule has 2 rings (SSSR count). The molecule has 19 heavy (non-hydrogen) atoms. The van der Waals surface area contributed by atoms with Crippen molar-refractivity contribution in [2.45, 2.75) is 12.8 Å². The van der Waals surface area contributed by atoms with Crippen LogP contribution in [0.25, 0.3) is 0 Å². The lowest BCUT2D eigenvalue weighted by molar-refractivity contribution is -0.120. The number of anilines is 1. The second-order valence-electron chi connectivity index (χ2n) is 4.60. The van der Waals surface area contributed by atoms with Gasteiger partial charge in [0.1, 0.15) is 11.5 Å². The zero-order valence-electron chi connectivity index (χ0n) is 11.4. The van der Waals surface area contributed by atoms with Gasteiger partial charge in [-0.05, 0) is 31.5 Å². The molecule has 5 heteroatoms. The minimum atomic E-state index is 0.0283. The molecule has 0 radical (unpaired) electrons. The Morgan fingerprint density at radius 2 is 2.21 bits per heavy atom. The third kappa shape index (κ3) is 3.38. The predicted octanol–water partition coefficient (Wildman–Crippen LogP) is 1.64. The molecule has 1 aromatic carbocycles. The van der Waals surface area contributed by atoms with Crippen LogP contribution in [0.1, 0.15) is 12.8 Å². The smallest absolute Gasteiger partial charge is 0.228 e. The first-order valence-corrected chi connectivity index (χ1v) is 6.48. The highest BCUT2D eigenvalue weighted by Gasteiger charge is 2.21. The van der Waals surface area contributed by atoms with Crippen LogP contribution in [0, 0.1) is 5.92 Å². The maximum Gasteiger partial charge on any atom is 0.228 e. The molecule has 1 saturated heterocycles. The van der Waals surface area contributed by atoms with Crippen molar-refractivity contribution in [2.24, 2.45) is 5.92 Å². The molecule has 5 nitrogen and oxygen atoms in total. The van der Waals surface area contributed by atoms with E-state index in [1.807, 2.05) is 0 Å². The van der Waals surface area contributed by atoms with Crippen molar-refractivity contribution in [3.8, 4) is 11.5 Å². The summed E-state index contributed by atoms with van der Waals surface area (Å²) in [7, 11) is 3.17. The van der Waals surface area contributed by atoms with Gasteiger partial charge in [0.2, 0.25) is 5.91 Å². The molecule has 1 fully saturated rings. The first-order valence-electron chi connectivity index (χ1n) is 6.48. The van der Waals surface area contributed by atoms with E-state index in [1.165, 1.54) is 0 Å². The van der Waals surface area contributed by atoms with E-state index in [4.69, 9.17) is 9.47 Å². The zero-order valence-corrected chi connectivity index (χ0v) is 11.4. The van der Waals surface area contributed by atoms with Gasteiger partial charge < -0.3 is 20.1 Å². The van der Waals surface area contributed by atoms with Gasteiger partial charge >= 0.3 is 0 Å². The molecule has 0 aromatic heterocycles. The van der Waals surface area contributed by atoms with Crippen molar-refractivity contribution >= 4 is 11.6 Å². The molecule has 1 heterocycles. The Balaban J connectivity index is 2.07. The Kier molecular flexibility index (Phi) is 4.63. The summed E-state index contributed by atoms with van der Waals surface area (Å²) in [6, 6.07) is 5.36. The van der Waals surface area contributed by atoms with Gasteiger partial charge in [-0.2, -0.15) is 0 Å². The number of ether oxygens (including phenoxy) is 2. The summed E-state index contributed by atoms with van der Waals surface area (Å²) < 4.78 is 10.4. The highest BCUT2D eigenvalue weighted by Crippen LogP contribution is 2.29. The highest BCUT2D eigenvalue weighted by molar-refractivity contribution is 5.94. The van der Waals surface area contributed by atoms with Crippen LogP contribution >= 0.6 is 0 Å². The summed E-state index contributed by atoms with van der Waals surface area (Å²) in [6.45, 7) is 1.74. The Labute approximate surface area is 113 Å². The molecule has 1 aliphatic rings. The normalized spacial score (nSPS) is 18.7. The fourth-order valence-electron chi connectivity index (χ4n) is 2.21. The van der Waals surface area contributed by atoms with E-state index in [1.54, 1.807) is 32.4 Å². The first kappa shape index (κ1) is 13.7. The van der Waals surface area contributed by atoms with Crippen LogP contribution in [-0.2, 0) is 4.79 Å². The van der Waals surface area contributed by atoms with E-state index in [0.717, 1.165) is 25.9 Å². The summed E-state index contributed by atoms with van der Waals surface area (Å²) in [5.74, 6) is 1.38. The highest BCUT2D eigenvalue weighted by atomic mass is 16.5. The van der Waals surface area contributed by atoms with Crippen LogP contribution in [0.15, 0.2) is 18.2 Å². The summed E-state index contributed by atoms with van der Waals surface area (Å²) in [4.78, 5) is 12.2. The lowest BCUT2D eigenvalue weighted by atomic mass is 9.99. The van der Waals surface area contributed by atoms with Crippen molar-refractivity contribution in [1.82, 2.24) is 5.32 Å². The molecular formula is C14H20N2O3. The number of methoxy groups -OCH3 is 2. The van der Waals surface area contributed by atoms with Gasteiger partial charge in [0, 0.05) is 12.6 Å². The van der Waals surface area contributed by atoms with Crippen molar-refractivity contribution in [3.05, 3.63) is 18.2 Å². The number of nitrogens with one attached hydrogen (secondary N) is 2. The molecule has 104 valence electrons. The standard InChI is InChI=1S/C14H20N2O3/c1-18-11-5-6-12(13(8-11)19-2)16-14(17)10-4-3-7-15-9-10/h5-6,8,10,15H,3-4,7,9H2,1-2H3,(H,16,17)/t10-/m0/s1. The summed E-state index contributed by atoms with van der Waals surface area (Å²) in [5.41, 5.74) is 0.680. The average Bonchev–Trinajstić information content (AvgIpc) is 2.48. The van der Waals surface area contributed by atoms with E-state index in [9.17, 15) is 4.79 Å². The fourth-order valence-corrected chi connectivity index (χ4v) is 2.21. The van der Waals surface area contributed by atoms with Crippen LogP contribution in [0.2, 0.25) is 0 Å². The number of hydrogen-bond donors (Lipinski definition) is 2. The lowest BCUT2D eigenvalue weighted by Gasteiger charge is -2.22. The number of carbonyl (C=O) groups is 1. The van der Waals surface area contributed by atoms with Crippen molar-refractivity contribution in [1.29, 1.82) is 0 Å². The van der Waals surface area contributed by atoms with Crippen molar-refractivity contribution in [3.63, 3.8) is 0 Å². The first-order chi connectivity index (χ1) is 9.24. The number of piperidine rings is 1.